The first-order chi connectivity index (χ1) is 11.4. The topological polar surface area (TPSA) is 88.5 Å². The number of rotatable bonds is 4. The van der Waals surface area contributed by atoms with Gasteiger partial charge in [0.2, 0.25) is 5.88 Å². The van der Waals surface area contributed by atoms with E-state index in [0.717, 1.165) is 0 Å². The van der Waals surface area contributed by atoms with Crippen molar-refractivity contribution in [2.75, 3.05) is 12.4 Å². The molecule has 1 atom stereocenters. The lowest BCUT2D eigenvalue weighted by molar-refractivity contribution is -0.133. The lowest BCUT2D eigenvalue weighted by Gasteiger charge is -2.21. The van der Waals surface area contributed by atoms with Gasteiger partial charge in [0.05, 0.1) is 24.2 Å². The largest absolute Gasteiger partial charge is 0.481 e. The summed E-state index contributed by atoms with van der Waals surface area (Å²) in [5, 5.41) is 13.7. The maximum atomic E-state index is 12.5. The van der Waals surface area contributed by atoms with Crippen LogP contribution in [0.4, 0.5) is 5.69 Å². The number of halogens is 2. The fourth-order valence-electron chi connectivity index (χ4n) is 2.58. The molecule has 1 unspecified atom stereocenters. The van der Waals surface area contributed by atoms with Gasteiger partial charge in [0, 0.05) is 28.4 Å². The van der Waals surface area contributed by atoms with Crippen LogP contribution in [-0.2, 0) is 10.4 Å². The second kappa shape index (κ2) is 6.05. The number of carbonyl (C=O) groups excluding carboxylic acids is 2. The van der Waals surface area contributed by atoms with Crippen molar-refractivity contribution in [3.63, 3.8) is 0 Å². The molecule has 0 bridgehead atoms. The number of ketones is 1. The van der Waals surface area contributed by atoms with Crippen LogP contribution < -0.4 is 10.1 Å². The lowest BCUT2D eigenvalue weighted by atomic mass is 9.88. The van der Waals surface area contributed by atoms with Gasteiger partial charge < -0.3 is 15.2 Å². The molecule has 6 nitrogen and oxygen atoms in total. The fraction of sp³-hybridized carbons (Fsp3) is 0.188. The highest BCUT2D eigenvalue weighted by atomic mass is 35.5. The molecular weight excluding hydrogens is 355 g/mol. The van der Waals surface area contributed by atoms with Crippen LogP contribution in [0.5, 0.6) is 5.88 Å². The molecular formula is C16H12Cl2N2O4. The Morgan fingerprint density at radius 1 is 1.29 bits per heavy atom. The molecule has 0 radical (unpaired) electrons. The predicted octanol–water partition coefficient (Wildman–Crippen LogP) is 2.81. The minimum Gasteiger partial charge on any atom is -0.481 e. The Hall–Kier alpha value is -2.15. The number of fused-ring (bicyclic) bond motifs is 1. The number of benzene rings is 1. The summed E-state index contributed by atoms with van der Waals surface area (Å²) >= 11 is 12.1. The van der Waals surface area contributed by atoms with Gasteiger partial charge in [-0.05, 0) is 18.2 Å². The molecule has 1 aliphatic heterocycles. The Bertz CT molecular complexity index is 839. The summed E-state index contributed by atoms with van der Waals surface area (Å²) < 4.78 is 4.93. The number of methoxy groups -OCH3 is 1. The quantitative estimate of drug-likeness (QED) is 0.812. The predicted molar refractivity (Wildman–Crippen MR) is 88.7 cm³/mol. The van der Waals surface area contributed by atoms with E-state index < -0.39 is 23.7 Å². The van der Waals surface area contributed by atoms with Crippen LogP contribution in [0.1, 0.15) is 22.3 Å². The van der Waals surface area contributed by atoms with Crippen LogP contribution in [0.3, 0.4) is 0 Å². The van der Waals surface area contributed by atoms with E-state index in [1.807, 2.05) is 0 Å². The van der Waals surface area contributed by atoms with E-state index in [1.165, 1.54) is 37.6 Å². The van der Waals surface area contributed by atoms with Crippen molar-refractivity contribution in [2.45, 2.75) is 12.0 Å². The van der Waals surface area contributed by atoms with Crippen molar-refractivity contribution in [1.29, 1.82) is 0 Å². The molecule has 0 saturated carbocycles. The van der Waals surface area contributed by atoms with Gasteiger partial charge in [0.15, 0.2) is 11.4 Å². The molecule has 0 saturated heterocycles. The Labute approximate surface area is 147 Å². The van der Waals surface area contributed by atoms with Gasteiger partial charge in [-0.25, -0.2) is 4.98 Å². The highest BCUT2D eigenvalue weighted by Gasteiger charge is 2.49. The number of amides is 1. The highest BCUT2D eigenvalue weighted by Crippen LogP contribution is 2.46. The normalized spacial score (nSPS) is 18.9. The van der Waals surface area contributed by atoms with Gasteiger partial charge in [-0.3, -0.25) is 9.59 Å². The molecule has 24 heavy (non-hydrogen) atoms. The van der Waals surface area contributed by atoms with E-state index in [0.29, 0.717) is 5.88 Å². The molecule has 124 valence electrons. The van der Waals surface area contributed by atoms with E-state index >= 15 is 0 Å². The average molecular weight is 367 g/mol. The second-order valence-corrected chi connectivity index (χ2v) is 6.10. The minimum atomic E-state index is -2.09. The van der Waals surface area contributed by atoms with Crippen LogP contribution in [0.25, 0.3) is 0 Å². The average Bonchev–Trinajstić information content (AvgIpc) is 2.83. The van der Waals surface area contributed by atoms with Gasteiger partial charge >= 0.3 is 0 Å². The van der Waals surface area contributed by atoms with E-state index in [9.17, 15) is 14.7 Å². The van der Waals surface area contributed by atoms with Crippen LogP contribution in [0.15, 0.2) is 30.5 Å². The molecule has 1 aromatic carbocycles. The zero-order chi connectivity index (χ0) is 17.5. The third kappa shape index (κ3) is 2.62. The molecule has 8 heteroatoms. The number of carbonyl (C=O) groups is 2. The van der Waals surface area contributed by atoms with Crippen LogP contribution in [0.2, 0.25) is 10.0 Å². The number of aliphatic hydroxyl groups is 1. The molecule has 0 spiro atoms. The van der Waals surface area contributed by atoms with Gasteiger partial charge in [0.25, 0.3) is 5.91 Å². The number of hydrogen-bond donors (Lipinski definition) is 2. The summed E-state index contributed by atoms with van der Waals surface area (Å²) in [6, 6.07) is 5.99. The standard InChI is InChI=1S/C16H12Cl2N2O4/c1-24-12-5-2-8(7-19-12)11(21)6-16(23)13-9(17)3-4-10(18)14(13)20-15(16)22/h2-5,7,23H,6H2,1H3,(H,20,22). The number of nitrogens with one attached hydrogen (secondary N) is 1. The first-order valence-corrected chi connectivity index (χ1v) is 7.68. The SMILES string of the molecule is COc1ccc(C(=O)CC2(O)C(=O)Nc3c(Cl)ccc(Cl)c32)cn1. The molecule has 2 heterocycles. The summed E-state index contributed by atoms with van der Waals surface area (Å²) in [4.78, 5) is 28.7. The van der Waals surface area contributed by atoms with Crippen LogP contribution >= 0.6 is 23.2 Å². The molecule has 3 rings (SSSR count). The molecule has 2 N–H and O–H groups in total. The summed E-state index contributed by atoms with van der Waals surface area (Å²) in [6.45, 7) is 0. The number of ether oxygens (including phenoxy) is 1. The van der Waals surface area contributed by atoms with Crippen LogP contribution in [-0.4, -0.2) is 28.9 Å². The summed E-state index contributed by atoms with van der Waals surface area (Å²) in [7, 11) is 1.46. The van der Waals surface area contributed by atoms with Crippen molar-refractivity contribution in [2.24, 2.45) is 0 Å². The lowest BCUT2D eigenvalue weighted by Crippen LogP contribution is -2.36. The number of aromatic nitrogens is 1. The third-order valence-corrected chi connectivity index (χ3v) is 4.45. The van der Waals surface area contributed by atoms with Gasteiger partial charge in [-0.2, -0.15) is 0 Å². The van der Waals surface area contributed by atoms with Crippen molar-refractivity contribution in [3.05, 3.63) is 51.6 Å². The highest BCUT2D eigenvalue weighted by molar-refractivity contribution is 6.38. The second-order valence-electron chi connectivity index (χ2n) is 5.28. The van der Waals surface area contributed by atoms with E-state index in [1.54, 1.807) is 0 Å². The van der Waals surface area contributed by atoms with Crippen molar-refractivity contribution in [1.82, 2.24) is 4.98 Å². The van der Waals surface area contributed by atoms with E-state index in [4.69, 9.17) is 27.9 Å². The number of hydrogen-bond acceptors (Lipinski definition) is 5. The number of pyridine rings is 1. The third-order valence-electron chi connectivity index (χ3n) is 3.82. The molecule has 1 aliphatic rings. The van der Waals surface area contributed by atoms with Crippen molar-refractivity contribution >= 4 is 40.6 Å². The maximum absolute atomic E-state index is 12.5. The molecule has 2 aromatic rings. The Morgan fingerprint density at radius 2 is 2.00 bits per heavy atom. The summed E-state index contributed by atoms with van der Waals surface area (Å²) in [5.41, 5.74) is -1.52. The van der Waals surface area contributed by atoms with Crippen molar-refractivity contribution < 1.29 is 19.4 Å². The van der Waals surface area contributed by atoms with Gasteiger partial charge in [-0.15, -0.1) is 0 Å². The number of nitrogens with zero attached hydrogens (tertiary/aromatic N) is 1. The summed E-state index contributed by atoms with van der Waals surface area (Å²) in [6.07, 6.45) is 0.831. The number of Topliss-reactive ketones (excluding diaryl/α,β-unsaturated/α-hetero) is 1. The van der Waals surface area contributed by atoms with Crippen LogP contribution in [0, 0.1) is 0 Å². The van der Waals surface area contributed by atoms with E-state index in [-0.39, 0.29) is 26.9 Å². The molecule has 0 aliphatic carbocycles. The molecule has 0 fully saturated rings. The zero-order valence-electron chi connectivity index (χ0n) is 12.5. The minimum absolute atomic E-state index is 0.108. The maximum Gasteiger partial charge on any atom is 0.261 e. The first-order valence-electron chi connectivity index (χ1n) is 6.92. The Morgan fingerprint density at radius 3 is 2.62 bits per heavy atom. The number of anilines is 1. The summed E-state index contributed by atoms with van der Waals surface area (Å²) in [5.74, 6) is -0.863. The van der Waals surface area contributed by atoms with Gasteiger partial charge in [0.1, 0.15) is 0 Å². The fourth-order valence-corrected chi connectivity index (χ4v) is 3.10. The first kappa shape index (κ1) is 16.7. The Kier molecular flexibility index (Phi) is 4.21. The van der Waals surface area contributed by atoms with Crippen molar-refractivity contribution in [3.8, 4) is 5.88 Å². The smallest absolute Gasteiger partial charge is 0.261 e. The van der Waals surface area contributed by atoms with Gasteiger partial charge in [-0.1, -0.05) is 23.2 Å². The zero-order valence-corrected chi connectivity index (χ0v) is 14.0. The molecule has 1 amide bonds. The molecule has 1 aromatic heterocycles. The van der Waals surface area contributed by atoms with E-state index in [2.05, 4.69) is 10.3 Å². The monoisotopic (exact) mass is 366 g/mol. The Balaban J connectivity index is 1.96.